The van der Waals surface area contributed by atoms with E-state index in [0.29, 0.717) is 0 Å². The maximum absolute atomic E-state index is 13.7. The molecule has 0 saturated carbocycles. The Morgan fingerprint density at radius 1 is 0.860 bits per heavy atom. The molecule has 0 bridgehead atoms. The number of hydrogen-bond acceptors (Lipinski definition) is 13. The summed E-state index contributed by atoms with van der Waals surface area (Å²) in [7, 11) is 5.25. The molecule has 4 N–H and O–H groups in total. The minimum Gasteiger partial charge on any atom is -0.507 e. The van der Waals surface area contributed by atoms with Gasteiger partial charge in [-0.05, 0) is 26.0 Å². The maximum atomic E-state index is 13.7. The number of carbonyl (C=O) groups is 3. The third kappa shape index (κ3) is 5.01. The fraction of sp³-hybridized carbons (Fsp3) is 0.483. The van der Waals surface area contributed by atoms with Crippen molar-refractivity contribution in [2.24, 2.45) is 0 Å². The van der Waals surface area contributed by atoms with Gasteiger partial charge in [0.15, 0.2) is 23.5 Å². The van der Waals surface area contributed by atoms with Crippen LogP contribution in [0.2, 0.25) is 0 Å². The summed E-state index contributed by atoms with van der Waals surface area (Å²) in [5.74, 6) is -3.74. The third-order valence-electron chi connectivity index (χ3n) is 8.26. The van der Waals surface area contributed by atoms with Gasteiger partial charge in [-0.15, -0.1) is 0 Å². The van der Waals surface area contributed by atoms with Crippen molar-refractivity contribution in [2.75, 3.05) is 28.4 Å². The second-order valence-corrected chi connectivity index (χ2v) is 10.6. The number of aliphatic hydroxyl groups excluding tert-OH is 1. The molecule has 3 aliphatic rings. The molecule has 43 heavy (non-hydrogen) atoms. The van der Waals surface area contributed by atoms with E-state index in [1.54, 1.807) is 6.92 Å². The summed E-state index contributed by atoms with van der Waals surface area (Å²) in [6, 6.07) is 3.53. The first kappa shape index (κ1) is 33.5. The van der Waals surface area contributed by atoms with E-state index in [4.69, 9.17) is 28.4 Å². The minimum absolute atomic E-state index is 0. The molecule has 1 saturated heterocycles. The number of phenolic OH excluding ortho intramolecular Hbond substituents is 2. The van der Waals surface area contributed by atoms with Gasteiger partial charge in [0.25, 0.3) is 0 Å². The second kappa shape index (κ2) is 12.2. The Balaban J connectivity index is 0.00000423. The first-order chi connectivity index (χ1) is 19.8. The van der Waals surface area contributed by atoms with Gasteiger partial charge in [0.05, 0.1) is 24.3 Å². The molecule has 8 atom stereocenters. The molecule has 8 unspecified atom stereocenters. The van der Waals surface area contributed by atoms with Crippen LogP contribution >= 0.6 is 0 Å². The number of aromatic hydroxyl groups is 2. The van der Waals surface area contributed by atoms with Gasteiger partial charge in [0.1, 0.15) is 47.8 Å². The summed E-state index contributed by atoms with van der Waals surface area (Å²) >= 11 is 0. The summed E-state index contributed by atoms with van der Waals surface area (Å²) in [6.07, 6.45) is -8.04. The van der Waals surface area contributed by atoms with Crippen LogP contribution in [0.25, 0.3) is 0 Å². The van der Waals surface area contributed by atoms with Crippen molar-refractivity contribution in [3.05, 3.63) is 51.6 Å². The van der Waals surface area contributed by atoms with E-state index >= 15 is 0 Å². The van der Waals surface area contributed by atoms with Gasteiger partial charge in [-0.1, -0.05) is 0 Å². The van der Waals surface area contributed by atoms with Crippen LogP contribution in [0.4, 0.5) is 0 Å². The number of ether oxygens (including phenoxy) is 6. The van der Waals surface area contributed by atoms with Crippen LogP contribution in [0.5, 0.6) is 17.2 Å². The van der Waals surface area contributed by atoms with Crippen molar-refractivity contribution < 1.29 is 92.8 Å². The Morgan fingerprint density at radius 2 is 1.49 bits per heavy atom. The first-order valence-corrected chi connectivity index (χ1v) is 13.1. The second-order valence-electron chi connectivity index (χ2n) is 10.6. The number of methoxy groups -OCH3 is 4. The number of phenols is 2. The van der Waals surface area contributed by atoms with Crippen LogP contribution in [0.3, 0.4) is 0 Å². The Bertz CT molecular complexity index is 1470. The number of hydrogen-bond donors (Lipinski definition) is 4. The molecule has 0 spiro atoms. The first-order valence-electron chi connectivity index (χ1n) is 13.1. The Labute approximate surface area is 268 Å². The SMILES string of the molecule is COc1cc(O)c2c(c1)C(=O)c1cc3c(c(O)c1C2=O)C(OC1OC(C)C(OC)C(O)C1OC)C(OC)C(C)(O)C3=O.[Na+]. The standard InChI is InChI=1S/C29H32O13.Na/c1-10-23(38-4)22(34)25(39-5)28(41-10)42-24-18-14(26(35)29(2,36)27(24)40-6)9-13-17(21(18)33)20(32)16-12(19(13)31)7-11(37-3)8-15(16)30;/h7-10,22-25,27-28,30,33-34,36H,1-6H3;/q;+1. The van der Waals surface area contributed by atoms with E-state index in [1.807, 2.05) is 0 Å². The van der Waals surface area contributed by atoms with E-state index in [9.17, 15) is 34.8 Å². The van der Waals surface area contributed by atoms with Gasteiger partial charge in [0, 0.05) is 49.6 Å². The normalized spacial score (nSPS) is 31.5. The van der Waals surface area contributed by atoms with Crippen LogP contribution in [0, 0.1) is 0 Å². The summed E-state index contributed by atoms with van der Waals surface area (Å²) < 4.78 is 33.5. The van der Waals surface area contributed by atoms with E-state index in [1.165, 1.54) is 41.4 Å². The largest absolute Gasteiger partial charge is 1.00 e. The summed E-state index contributed by atoms with van der Waals surface area (Å²) in [5.41, 5.74) is -4.09. The molecule has 226 valence electrons. The molecule has 0 aromatic heterocycles. The third-order valence-corrected chi connectivity index (χ3v) is 8.26. The molecule has 1 fully saturated rings. The minimum atomic E-state index is -2.23. The van der Waals surface area contributed by atoms with E-state index < -0.39 is 82.9 Å². The maximum Gasteiger partial charge on any atom is 1.00 e. The molecule has 0 radical (unpaired) electrons. The number of benzene rings is 2. The number of ketones is 3. The monoisotopic (exact) mass is 611 g/mol. The zero-order chi connectivity index (χ0) is 30.8. The van der Waals surface area contributed by atoms with Crippen molar-refractivity contribution in [3.63, 3.8) is 0 Å². The molecule has 2 aliphatic carbocycles. The fourth-order valence-corrected chi connectivity index (χ4v) is 6.14. The molecule has 2 aromatic rings. The molecule has 2 aromatic carbocycles. The number of rotatable bonds is 6. The van der Waals surface area contributed by atoms with Crippen molar-refractivity contribution >= 4 is 17.3 Å². The van der Waals surface area contributed by atoms with E-state index in [2.05, 4.69) is 0 Å². The van der Waals surface area contributed by atoms with E-state index in [-0.39, 0.29) is 63.1 Å². The van der Waals surface area contributed by atoms with Gasteiger partial charge >= 0.3 is 29.6 Å². The van der Waals surface area contributed by atoms with Crippen molar-refractivity contribution in [2.45, 2.75) is 62.4 Å². The molecule has 13 nitrogen and oxygen atoms in total. The number of Topliss-reactive ketones (excluding diaryl/α,β-unsaturated/α-hetero) is 1. The average molecular weight is 612 g/mol. The topological polar surface area (TPSA) is 188 Å². The van der Waals surface area contributed by atoms with Crippen LogP contribution < -0.4 is 34.3 Å². The van der Waals surface area contributed by atoms with Crippen LogP contribution in [0.15, 0.2) is 18.2 Å². The van der Waals surface area contributed by atoms with Crippen molar-refractivity contribution in [1.29, 1.82) is 0 Å². The molecule has 1 aliphatic heterocycles. The molecule has 0 amide bonds. The van der Waals surface area contributed by atoms with Gasteiger partial charge in [-0.25, -0.2) is 0 Å². The van der Waals surface area contributed by atoms with E-state index in [0.717, 1.165) is 12.1 Å². The number of fused-ring (bicyclic) bond motifs is 3. The zero-order valence-electron chi connectivity index (χ0n) is 24.7. The molecule has 14 heteroatoms. The van der Waals surface area contributed by atoms with Crippen LogP contribution in [-0.4, -0.2) is 109 Å². The van der Waals surface area contributed by atoms with Gasteiger partial charge < -0.3 is 48.8 Å². The number of carbonyl (C=O) groups excluding carboxylic acids is 3. The van der Waals surface area contributed by atoms with Crippen LogP contribution in [-0.2, 0) is 23.7 Å². The number of aliphatic hydroxyl groups is 2. The molecule has 5 rings (SSSR count). The molecular weight excluding hydrogens is 579 g/mol. The molecule has 1 heterocycles. The van der Waals surface area contributed by atoms with Gasteiger partial charge in [-0.2, -0.15) is 0 Å². The summed E-state index contributed by atoms with van der Waals surface area (Å²) in [4.78, 5) is 40.9. The average Bonchev–Trinajstić information content (AvgIpc) is 2.94. The van der Waals surface area contributed by atoms with Crippen molar-refractivity contribution in [3.8, 4) is 17.2 Å². The van der Waals surface area contributed by atoms with Gasteiger partial charge in [-0.3, -0.25) is 14.4 Å². The predicted octanol–water partition coefficient (Wildman–Crippen LogP) is -1.96. The van der Waals surface area contributed by atoms with Gasteiger partial charge in [0.2, 0.25) is 5.78 Å². The Hall–Kier alpha value is -2.43. The zero-order valence-corrected chi connectivity index (χ0v) is 26.7. The smallest absolute Gasteiger partial charge is 0.507 e. The fourth-order valence-electron chi connectivity index (χ4n) is 6.14. The predicted molar refractivity (Wildman–Crippen MR) is 141 cm³/mol. The Kier molecular flexibility index (Phi) is 9.46. The Morgan fingerprint density at radius 3 is 2.07 bits per heavy atom. The summed E-state index contributed by atoms with van der Waals surface area (Å²) in [6.45, 7) is 2.83. The quantitative estimate of drug-likeness (QED) is 0.225. The molecular formula is C29H32NaO13+. The summed E-state index contributed by atoms with van der Waals surface area (Å²) in [5, 5.41) is 44.4. The van der Waals surface area contributed by atoms with Crippen molar-refractivity contribution in [1.82, 2.24) is 0 Å². The van der Waals surface area contributed by atoms with Crippen LogP contribution in [0.1, 0.15) is 67.7 Å².